The lowest BCUT2D eigenvalue weighted by Gasteiger charge is -2.09. The van der Waals surface area contributed by atoms with Crippen molar-refractivity contribution in [3.8, 4) is 5.75 Å². The number of ether oxygens (including phenoxy) is 1. The van der Waals surface area contributed by atoms with Crippen molar-refractivity contribution in [2.45, 2.75) is 26.2 Å². The Bertz CT molecular complexity index is 992. The molecular formula is C21H22N2O3. The molecule has 5 nitrogen and oxygen atoms in total. The average Bonchev–Trinajstić information content (AvgIpc) is 2.66. The molecular weight excluding hydrogens is 328 g/mol. The Labute approximate surface area is 152 Å². The minimum absolute atomic E-state index is 0.0410. The molecule has 1 heterocycles. The van der Waals surface area contributed by atoms with Gasteiger partial charge in [-0.3, -0.25) is 9.59 Å². The van der Waals surface area contributed by atoms with Gasteiger partial charge in [-0.05, 0) is 42.7 Å². The number of aromatic nitrogens is 1. The first-order valence-electron chi connectivity index (χ1n) is 8.68. The number of para-hydroxylation sites is 1. The molecule has 1 aromatic heterocycles. The summed E-state index contributed by atoms with van der Waals surface area (Å²) >= 11 is 0. The topological polar surface area (TPSA) is 71.2 Å². The SMILES string of the molecule is CCc1cc(=O)c2cc(NC(=O)CCc3ccccc3OC)ccc2[nH]1. The third kappa shape index (κ3) is 3.94. The van der Waals surface area contributed by atoms with E-state index in [-0.39, 0.29) is 11.3 Å². The molecule has 0 aliphatic heterocycles. The number of fused-ring (bicyclic) bond motifs is 1. The summed E-state index contributed by atoms with van der Waals surface area (Å²) in [6.07, 6.45) is 1.69. The van der Waals surface area contributed by atoms with Crippen LogP contribution < -0.4 is 15.5 Å². The van der Waals surface area contributed by atoms with E-state index in [4.69, 9.17) is 4.74 Å². The van der Waals surface area contributed by atoms with Crippen LogP contribution in [-0.2, 0) is 17.6 Å². The van der Waals surface area contributed by atoms with Crippen molar-refractivity contribution in [2.24, 2.45) is 0 Å². The number of pyridine rings is 1. The lowest BCUT2D eigenvalue weighted by atomic mass is 10.1. The molecule has 2 N–H and O–H groups in total. The zero-order valence-electron chi connectivity index (χ0n) is 15.0. The van der Waals surface area contributed by atoms with Gasteiger partial charge in [0.2, 0.25) is 5.91 Å². The van der Waals surface area contributed by atoms with E-state index in [1.54, 1.807) is 25.3 Å². The molecule has 0 aliphatic carbocycles. The first-order valence-corrected chi connectivity index (χ1v) is 8.68. The lowest BCUT2D eigenvalue weighted by molar-refractivity contribution is -0.116. The number of nitrogens with one attached hydrogen (secondary N) is 2. The van der Waals surface area contributed by atoms with Crippen LogP contribution in [0.3, 0.4) is 0 Å². The molecule has 0 unspecified atom stereocenters. The molecule has 0 saturated heterocycles. The molecule has 0 saturated carbocycles. The summed E-state index contributed by atoms with van der Waals surface area (Å²) in [5.74, 6) is 0.682. The van der Waals surface area contributed by atoms with Crippen LogP contribution in [0.15, 0.2) is 53.3 Å². The van der Waals surface area contributed by atoms with Crippen LogP contribution in [0, 0.1) is 0 Å². The molecule has 0 atom stereocenters. The summed E-state index contributed by atoms with van der Waals surface area (Å²) < 4.78 is 5.31. The van der Waals surface area contributed by atoms with E-state index < -0.39 is 0 Å². The molecule has 134 valence electrons. The first-order chi connectivity index (χ1) is 12.6. The number of hydrogen-bond acceptors (Lipinski definition) is 3. The van der Waals surface area contributed by atoms with Gasteiger partial charge < -0.3 is 15.0 Å². The van der Waals surface area contributed by atoms with Crippen LogP contribution in [0.2, 0.25) is 0 Å². The van der Waals surface area contributed by atoms with E-state index in [1.807, 2.05) is 37.3 Å². The fourth-order valence-electron chi connectivity index (χ4n) is 2.95. The van der Waals surface area contributed by atoms with E-state index >= 15 is 0 Å². The second-order valence-electron chi connectivity index (χ2n) is 6.13. The van der Waals surface area contributed by atoms with Crippen molar-refractivity contribution in [2.75, 3.05) is 12.4 Å². The maximum atomic E-state index is 12.3. The number of carbonyl (C=O) groups excluding carboxylic acids is 1. The van der Waals surface area contributed by atoms with Gasteiger partial charge in [-0.2, -0.15) is 0 Å². The van der Waals surface area contributed by atoms with Crippen LogP contribution in [0.5, 0.6) is 5.75 Å². The van der Waals surface area contributed by atoms with Gasteiger partial charge in [-0.15, -0.1) is 0 Å². The molecule has 0 fully saturated rings. The van der Waals surface area contributed by atoms with Crippen molar-refractivity contribution >= 4 is 22.5 Å². The van der Waals surface area contributed by atoms with E-state index in [9.17, 15) is 9.59 Å². The predicted octanol–water partition coefficient (Wildman–Crippen LogP) is 3.67. The van der Waals surface area contributed by atoms with Gasteiger partial charge in [0.05, 0.1) is 7.11 Å². The minimum atomic E-state index is -0.100. The minimum Gasteiger partial charge on any atom is -0.496 e. The molecule has 3 rings (SSSR count). The Kier molecular flexibility index (Phi) is 5.37. The van der Waals surface area contributed by atoms with Gasteiger partial charge in [0.25, 0.3) is 0 Å². The van der Waals surface area contributed by atoms with Gasteiger partial charge in [-0.1, -0.05) is 25.1 Å². The summed E-state index contributed by atoms with van der Waals surface area (Å²) in [6, 6.07) is 14.6. The number of benzene rings is 2. The highest BCUT2D eigenvalue weighted by atomic mass is 16.5. The Balaban J connectivity index is 1.71. The van der Waals surface area contributed by atoms with Crippen LogP contribution >= 0.6 is 0 Å². The van der Waals surface area contributed by atoms with Gasteiger partial charge in [0.1, 0.15) is 5.75 Å². The number of methoxy groups -OCH3 is 1. The van der Waals surface area contributed by atoms with Gasteiger partial charge in [-0.25, -0.2) is 0 Å². The molecule has 2 aromatic carbocycles. The monoisotopic (exact) mass is 350 g/mol. The van der Waals surface area contributed by atoms with E-state index in [0.29, 0.717) is 23.9 Å². The highest BCUT2D eigenvalue weighted by Crippen LogP contribution is 2.20. The van der Waals surface area contributed by atoms with Gasteiger partial charge >= 0.3 is 0 Å². The van der Waals surface area contributed by atoms with Crippen LogP contribution in [0.4, 0.5) is 5.69 Å². The largest absolute Gasteiger partial charge is 0.496 e. The molecule has 1 amide bonds. The van der Waals surface area contributed by atoms with Crippen molar-refractivity contribution in [3.05, 3.63) is 70.0 Å². The van der Waals surface area contributed by atoms with E-state index in [0.717, 1.165) is 28.9 Å². The van der Waals surface area contributed by atoms with Crippen LogP contribution in [0.1, 0.15) is 24.6 Å². The van der Waals surface area contributed by atoms with Crippen molar-refractivity contribution in [1.82, 2.24) is 4.98 Å². The summed E-state index contributed by atoms with van der Waals surface area (Å²) in [4.78, 5) is 27.7. The fraction of sp³-hybridized carbons (Fsp3) is 0.238. The zero-order valence-corrected chi connectivity index (χ0v) is 15.0. The number of carbonyl (C=O) groups is 1. The van der Waals surface area contributed by atoms with E-state index in [2.05, 4.69) is 10.3 Å². The Morgan fingerprint density at radius 1 is 1.15 bits per heavy atom. The van der Waals surface area contributed by atoms with Crippen molar-refractivity contribution in [3.63, 3.8) is 0 Å². The molecule has 0 spiro atoms. The van der Waals surface area contributed by atoms with Crippen LogP contribution in [-0.4, -0.2) is 18.0 Å². The maximum absolute atomic E-state index is 12.3. The maximum Gasteiger partial charge on any atom is 0.224 e. The second kappa shape index (κ2) is 7.87. The number of hydrogen-bond donors (Lipinski definition) is 2. The number of anilines is 1. The van der Waals surface area contributed by atoms with Gasteiger partial charge in [0.15, 0.2) is 5.43 Å². The highest BCUT2D eigenvalue weighted by Gasteiger charge is 2.08. The van der Waals surface area contributed by atoms with Crippen LogP contribution in [0.25, 0.3) is 10.9 Å². The average molecular weight is 350 g/mol. The summed E-state index contributed by atoms with van der Waals surface area (Å²) in [6.45, 7) is 1.99. The standard InChI is InChI=1S/C21H22N2O3/c1-3-15-13-19(24)17-12-16(9-10-18(17)22-15)23-21(25)11-8-14-6-4-5-7-20(14)26-2/h4-7,9-10,12-13H,3,8,11H2,1-2H3,(H,22,24)(H,23,25). The smallest absolute Gasteiger partial charge is 0.224 e. The normalized spacial score (nSPS) is 10.7. The molecule has 3 aromatic rings. The predicted molar refractivity (Wildman–Crippen MR) is 104 cm³/mol. The molecule has 26 heavy (non-hydrogen) atoms. The highest BCUT2D eigenvalue weighted by molar-refractivity contribution is 5.93. The number of amides is 1. The Hall–Kier alpha value is -3.08. The Morgan fingerprint density at radius 3 is 2.73 bits per heavy atom. The fourth-order valence-corrected chi connectivity index (χ4v) is 2.95. The molecule has 5 heteroatoms. The van der Waals surface area contributed by atoms with Crippen molar-refractivity contribution < 1.29 is 9.53 Å². The number of aromatic amines is 1. The molecule has 0 aliphatic rings. The van der Waals surface area contributed by atoms with E-state index in [1.165, 1.54) is 0 Å². The number of H-pyrrole nitrogens is 1. The van der Waals surface area contributed by atoms with Gasteiger partial charge in [0, 0.05) is 34.8 Å². The van der Waals surface area contributed by atoms with Crippen molar-refractivity contribution in [1.29, 1.82) is 0 Å². The first kappa shape index (κ1) is 17.7. The number of rotatable bonds is 6. The summed E-state index contributed by atoms with van der Waals surface area (Å²) in [7, 11) is 1.62. The Morgan fingerprint density at radius 2 is 1.96 bits per heavy atom. The summed E-state index contributed by atoms with van der Waals surface area (Å²) in [5, 5.41) is 3.44. The zero-order chi connectivity index (χ0) is 18.5. The quantitative estimate of drug-likeness (QED) is 0.712. The summed E-state index contributed by atoms with van der Waals surface area (Å²) in [5.41, 5.74) is 3.25. The molecule has 0 bridgehead atoms. The second-order valence-corrected chi connectivity index (χ2v) is 6.13. The third-order valence-electron chi connectivity index (χ3n) is 4.36. The third-order valence-corrected chi connectivity index (χ3v) is 4.36. The lowest BCUT2D eigenvalue weighted by Crippen LogP contribution is -2.13. The number of aryl methyl sites for hydroxylation is 2. The molecule has 0 radical (unpaired) electrons.